The average Bonchev–Trinajstić information content (AvgIpc) is 3.14. The van der Waals surface area contributed by atoms with Crippen molar-refractivity contribution in [2.75, 3.05) is 0 Å². The lowest BCUT2D eigenvalue weighted by Gasteiger charge is -2.22. The second-order valence-electron chi connectivity index (χ2n) is 7.50. The number of nitriles is 1. The fourth-order valence-corrected chi connectivity index (χ4v) is 4.47. The molecular weight excluding hydrogens is 416 g/mol. The van der Waals surface area contributed by atoms with E-state index in [9.17, 15) is 19.6 Å². The molecule has 0 saturated heterocycles. The maximum absolute atomic E-state index is 14.3. The van der Waals surface area contributed by atoms with E-state index in [-0.39, 0.29) is 10.2 Å². The summed E-state index contributed by atoms with van der Waals surface area (Å²) < 4.78 is 19.9. The van der Waals surface area contributed by atoms with Gasteiger partial charge in [0.25, 0.3) is 0 Å². The molecule has 0 aliphatic heterocycles. The van der Waals surface area contributed by atoms with E-state index < -0.39 is 34.5 Å². The van der Waals surface area contributed by atoms with Crippen molar-refractivity contribution in [2.24, 2.45) is 16.7 Å². The molecule has 1 saturated carbocycles. The van der Waals surface area contributed by atoms with E-state index in [0.29, 0.717) is 11.3 Å². The SMILES string of the molecule is CC1(C)[C@H](C=C(Cl)Cl)[C@@]1(C(=O)O)C(C#N)c1ccc(F)c(Oc2ccccc2)c1. The topological polar surface area (TPSA) is 70.3 Å². The molecule has 4 nitrogen and oxygen atoms in total. The van der Waals surface area contributed by atoms with Gasteiger partial charge in [-0.05, 0) is 41.3 Å². The molecular formula is C22H18Cl2FNO3. The van der Waals surface area contributed by atoms with Crippen molar-refractivity contribution in [1.82, 2.24) is 0 Å². The molecule has 0 radical (unpaired) electrons. The first-order chi connectivity index (χ1) is 13.7. The lowest BCUT2D eigenvalue weighted by molar-refractivity contribution is -0.145. The molecule has 0 heterocycles. The molecule has 3 rings (SSSR count). The van der Waals surface area contributed by atoms with Gasteiger partial charge in [0.15, 0.2) is 11.6 Å². The van der Waals surface area contributed by atoms with Crippen molar-refractivity contribution >= 4 is 29.2 Å². The quantitative estimate of drug-likeness (QED) is 0.582. The van der Waals surface area contributed by atoms with Crippen LogP contribution in [0, 0.1) is 33.9 Å². The van der Waals surface area contributed by atoms with Gasteiger partial charge in [-0.3, -0.25) is 4.79 Å². The number of nitrogens with zero attached hydrogens (tertiary/aromatic N) is 1. The van der Waals surface area contributed by atoms with Crippen LogP contribution >= 0.6 is 23.2 Å². The van der Waals surface area contributed by atoms with E-state index in [0.717, 1.165) is 0 Å². The Labute approximate surface area is 178 Å². The zero-order valence-electron chi connectivity index (χ0n) is 15.7. The van der Waals surface area contributed by atoms with Crippen molar-refractivity contribution in [2.45, 2.75) is 19.8 Å². The van der Waals surface area contributed by atoms with Crippen LogP contribution in [0.4, 0.5) is 4.39 Å². The van der Waals surface area contributed by atoms with E-state index in [4.69, 9.17) is 27.9 Å². The van der Waals surface area contributed by atoms with Crippen molar-refractivity contribution in [1.29, 1.82) is 5.26 Å². The number of para-hydroxylation sites is 1. The first kappa shape index (κ1) is 21.2. The van der Waals surface area contributed by atoms with Crippen LogP contribution in [0.3, 0.4) is 0 Å². The number of allylic oxidation sites excluding steroid dienone is 1. The Hall–Kier alpha value is -2.55. The summed E-state index contributed by atoms with van der Waals surface area (Å²) in [6.07, 6.45) is 1.45. The monoisotopic (exact) mass is 433 g/mol. The van der Waals surface area contributed by atoms with E-state index >= 15 is 0 Å². The lowest BCUT2D eigenvalue weighted by atomic mass is 9.78. The van der Waals surface area contributed by atoms with Gasteiger partial charge in [0.2, 0.25) is 0 Å². The second-order valence-corrected chi connectivity index (χ2v) is 8.50. The fourth-order valence-electron chi connectivity index (χ4n) is 4.22. The molecule has 1 aliphatic carbocycles. The maximum atomic E-state index is 14.3. The Bertz CT molecular complexity index is 1010. The lowest BCUT2D eigenvalue weighted by Crippen LogP contribution is -2.28. The summed E-state index contributed by atoms with van der Waals surface area (Å²) in [6.45, 7) is 3.49. The Balaban J connectivity index is 2.06. The highest BCUT2D eigenvalue weighted by Gasteiger charge is 2.78. The number of carboxylic acids is 1. The minimum Gasteiger partial charge on any atom is -0.481 e. The van der Waals surface area contributed by atoms with Crippen molar-refractivity contribution in [3.63, 3.8) is 0 Å². The number of halogens is 3. The highest BCUT2D eigenvalue weighted by atomic mass is 35.5. The summed E-state index contributed by atoms with van der Waals surface area (Å²) in [5, 5.41) is 20.0. The number of benzene rings is 2. The molecule has 0 aromatic heterocycles. The predicted octanol–water partition coefficient (Wildman–Crippen LogP) is 6.27. The molecule has 2 aromatic carbocycles. The van der Waals surface area contributed by atoms with E-state index in [1.54, 1.807) is 44.2 Å². The number of hydrogen-bond donors (Lipinski definition) is 1. The van der Waals surface area contributed by atoms with Crippen molar-refractivity contribution in [3.8, 4) is 17.6 Å². The van der Waals surface area contributed by atoms with Crippen LogP contribution < -0.4 is 4.74 Å². The summed E-state index contributed by atoms with van der Waals surface area (Å²) in [5.41, 5.74) is -1.90. The van der Waals surface area contributed by atoms with Crippen molar-refractivity contribution < 1.29 is 19.0 Å². The van der Waals surface area contributed by atoms with E-state index in [1.807, 2.05) is 0 Å². The predicted molar refractivity (Wildman–Crippen MR) is 108 cm³/mol. The molecule has 0 spiro atoms. The van der Waals surface area contributed by atoms with Gasteiger partial charge in [0, 0.05) is 5.92 Å². The third-order valence-electron chi connectivity index (χ3n) is 5.74. The fraction of sp³-hybridized carbons (Fsp3) is 0.273. The summed E-state index contributed by atoms with van der Waals surface area (Å²) in [4.78, 5) is 12.3. The second kappa shape index (κ2) is 7.70. The van der Waals surface area contributed by atoms with Gasteiger partial charge in [0.05, 0.1) is 12.0 Å². The molecule has 0 bridgehead atoms. The number of hydrogen-bond acceptors (Lipinski definition) is 3. The molecule has 7 heteroatoms. The first-order valence-electron chi connectivity index (χ1n) is 8.84. The van der Waals surface area contributed by atoms with Gasteiger partial charge in [-0.1, -0.05) is 61.3 Å². The average molecular weight is 434 g/mol. The summed E-state index contributed by atoms with van der Waals surface area (Å²) >= 11 is 11.6. The molecule has 150 valence electrons. The normalized spacial score (nSPS) is 22.8. The molecule has 1 fully saturated rings. The Morgan fingerprint density at radius 1 is 1.28 bits per heavy atom. The van der Waals surface area contributed by atoms with Crippen LogP contribution in [0.5, 0.6) is 11.5 Å². The molecule has 1 N–H and O–H groups in total. The van der Waals surface area contributed by atoms with Crippen LogP contribution in [-0.4, -0.2) is 11.1 Å². The molecule has 1 unspecified atom stereocenters. The van der Waals surface area contributed by atoms with Gasteiger partial charge in [-0.25, -0.2) is 4.39 Å². The highest BCUT2D eigenvalue weighted by Crippen LogP contribution is 2.75. The minimum absolute atomic E-state index is 0.0601. The molecule has 3 atom stereocenters. The smallest absolute Gasteiger partial charge is 0.312 e. The largest absolute Gasteiger partial charge is 0.481 e. The highest BCUT2D eigenvalue weighted by molar-refractivity contribution is 6.55. The Morgan fingerprint density at radius 3 is 2.48 bits per heavy atom. The van der Waals surface area contributed by atoms with Crippen LogP contribution in [0.25, 0.3) is 0 Å². The van der Waals surface area contributed by atoms with Crippen LogP contribution in [0.2, 0.25) is 0 Å². The van der Waals surface area contributed by atoms with Gasteiger partial charge < -0.3 is 9.84 Å². The minimum atomic E-state index is -1.46. The zero-order valence-corrected chi connectivity index (χ0v) is 17.2. The van der Waals surface area contributed by atoms with Gasteiger partial charge >= 0.3 is 5.97 Å². The van der Waals surface area contributed by atoms with Gasteiger partial charge in [-0.2, -0.15) is 5.26 Å². The van der Waals surface area contributed by atoms with Gasteiger partial charge in [-0.15, -0.1) is 0 Å². The number of rotatable bonds is 6. The number of aliphatic carboxylic acids is 1. The summed E-state index contributed by atoms with van der Waals surface area (Å²) in [7, 11) is 0. The molecule has 1 aliphatic rings. The van der Waals surface area contributed by atoms with Crippen molar-refractivity contribution in [3.05, 3.63) is 70.5 Å². The number of carboxylic acid groups (broad SMARTS) is 1. The summed E-state index contributed by atoms with van der Waals surface area (Å²) in [6, 6.07) is 14.7. The summed E-state index contributed by atoms with van der Waals surface area (Å²) in [5.74, 6) is -3.05. The molecule has 2 aromatic rings. The third-order valence-corrected chi connectivity index (χ3v) is 5.99. The first-order valence-corrected chi connectivity index (χ1v) is 9.60. The molecule has 29 heavy (non-hydrogen) atoms. The van der Waals surface area contributed by atoms with E-state index in [2.05, 4.69) is 6.07 Å². The Morgan fingerprint density at radius 2 is 1.93 bits per heavy atom. The van der Waals surface area contributed by atoms with Crippen LogP contribution in [0.15, 0.2) is 59.1 Å². The Kier molecular flexibility index (Phi) is 5.62. The number of ether oxygens (including phenoxy) is 1. The zero-order chi connectivity index (χ0) is 21.4. The van der Waals surface area contributed by atoms with Gasteiger partial charge in [0.1, 0.15) is 15.7 Å². The molecule has 0 amide bonds. The third kappa shape index (κ3) is 3.48. The van der Waals surface area contributed by atoms with Crippen LogP contribution in [-0.2, 0) is 4.79 Å². The maximum Gasteiger partial charge on any atom is 0.312 e. The standard InChI is InChI=1S/C22H18Cl2FNO3/c1-21(2)18(11-19(23)24)22(21,20(27)28)15(12-26)13-8-9-16(25)17(10-13)29-14-6-4-3-5-7-14/h3-11,15,18H,1-2H3,(H,27,28)/t15?,18-,22+/m0/s1. The number of carbonyl (C=O) groups is 1. The van der Waals surface area contributed by atoms with E-state index in [1.165, 1.54) is 24.3 Å². The van der Waals surface area contributed by atoms with Crippen LogP contribution in [0.1, 0.15) is 25.3 Å².